The summed E-state index contributed by atoms with van der Waals surface area (Å²) < 4.78 is 0. The molecule has 12 heavy (non-hydrogen) atoms. The second kappa shape index (κ2) is 2.75. The van der Waals surface area contributed by atoms with E-state index in [1.165, 1.54) is 0 Å². The highest BCUT2D eigenvalue weighted by atomic mass is 16.4. The average molecular weight is 172 g/mol. The second-order valence-corrected chi connectivity index (χ2v) is 2.65. The molecule has 0 fully saturated rings. The maximum absolute atomic E-state index is 10.4. The Labute approximate surface area is 68.3 Å². The van der Waals surface area contributed by atoms with Crippen molar-refractivity contribution in [3.8, 4) is 11.8 Å². The van der Waals surface area contributed by atoms with Gasteiger partial charge in [0.05, 0.1) is 6.10 Å². The van der Waals surface area contributed by atoms with Crippen LogP contribution in [-0.2, 0) is 4.79 Å². The SMILES string of the molecule is O=C(O)C1(O)C#CC(O)C(O)C1. The summed E-state index contributed by atoms with van der Waals surface area (Å²) in [4.78, 5) is 10.4. The molecule has 0 amide bonds. The van der Waals surface area contributed by atoms with Crippen LogP contribution in [0.15, 0.2) is 0 Å². The smallest absolute Gasteiger partial charge is 0.348 e. The first-order valence-corrected chi connectivity index (χ1v) is 3.30. The standard InChI is InChI=1S/C7H8O5/c8-4-1-2-7(12,6(10)11)3-5(4)9/h4-5,8-9,12H,3H2,(H,10,11). The first kappa shape index (κ1) is 9.00. The molecule has 0 heterocycles. The van der Waals surface area contributed by atoms with Gasteiger partial charge in [-0.15, -0.1) is 0 Å². The lowest BCUT2D eigenvalue weighted by molar-refractivity contribution is -0.156. The third kappa shape index (κ3) is 1.41. The van der Waals surface area contributed by atoms with E-state index in [0.717, 1.165) is 0 Å². The van der Waals surface area contributed by atoms with E-state index >= 15 is 0 Å². The predicted molar refractivity (Wildman–Crippen MR) is 37.0 cm³/mol. The highest BCUT2D eigenvalue weighted by Gasteiger charge is 2.40. The maximum atomic E-state index is 10.4. The number of aliphatic hydroxyl groups is 3. The topological polar surface area (TPSA) is 98.0 Å². The molecule has 4 N–H and O–H groups in total. The van der Waals surface area contributed by atoms with Crippen LogP contribution in [0.3, 0.4) is 0 Å². The van der Waals surface area contributed by atoms with Gasteiger partial charge in [-0.1, -0.05) is 11.8 Å². The minimum atomic E-state index is -2.22. The number of hydrogen-bond acceptors (Lipinski definition) is 4. The van der Waals surface area contributed by atoms with Gasteiger partial charge in [-0.25, -0.2) is 4.79 Å². The van der Waals surface area contributed by atoms with Gasteiger partial charge >= 0.3 is 5.97 Å². The van der Waals surface area contributed by atoms with Gasteiger partial charge in [0.15, 0.2) is 0 Å². The van der Waals surface area contributed by atoms with Crippen molar-refractivity contribution in [1.82, 2.24) is 0 Å². The van der Waals surface area contributed by atoms with Crippen molar-refractivity contribution in [2.24, 2.45) is 0 Å². The fourth-order valence-electron chi connectivity index (χ4n) is 0.896. The number of hydrogen-bond donors (Lipinski definition) is 4. The summed E-state index contributed by atoms with van der Waals surface area (Å²) in [5.41, 5.74) is -2.22. The summed E-state index contributed by atoms with van der Waals surface area (Å²) in [6.45, 7) is 0. The predicted octanol–water partition coefficient (Wildman–Crippen LogP) is -2.07. The summed E-state index contributed by atoms with van der Waals surface area (Å²) in [6, 6.07) is 0. The van der Waals surface area contributed by atoms with Crippen LogP contribution in [0.2, 0.25) is 0 Å². The lowest BCUT2D eigenvalue weighted by atomic mass is 9.90. The number of carboxylic acids is 1. The van der Waals surface area contributed by atoms with Crippen LogP contribution in [0.25, 0.3) is 0 Å². The molecule has 0 aliphatic heterocycles. The van der Waals surface area contributed by atoms with Crippen LogP contribution >= 0.6 is 0 Å². The van der Waals surface area contributed by atoms with Crippen LogP contribution in [0.4, 0.5) is 0 Å². The Morgan fingerprint density at radius 2 is 2.08 bits per heavy atom. The van der Waals surface area contributed by atoms with E-state index in [0.29, 0.717) is 0 Å². The normalized spacial score (nSPS) is 39.9. The molecule has 0 saturated carbocycles. The Hall–Kier alpha value is -1.09. The molecule has 1 rings (SSSR count). The summed E-state index contributed by atoms with van der Waals surface area (Å²) >= 11 is 0. The molecule has 0 radical (unpaired) electrons. The molecular formula is C7H8O5. The molecule has 0 aromatic rings. The van der Waals surface area contributed by atoms with E-state index in [-0.39, 0.29) is 0 Å². The lowest BCUT2D eigenvalue weighted by Gasteiger charge is -2.25. The van der Waals surface area contributed by atoms with Gasteiger partial charge in [0.2, 0.25) is 5.60 Å². The summed E-state index contributed by atoms with van der Waals surface area (Å²) in [7, 11) is 0. The van der Waals surface area contributed by atoms with Gasteiger partial charge in [-0.05, 0) is 0 Å². The van der Waals surface area contributed by atoms with Crippen molar-refractivity contribution in [2.45, 2.75) is 24.2 Å². The third-order valence-corrected chi connectivity index (χ3v) is 1.65. The van der Waals surface area contributed by atoms with Gasteiger partial charge < -0.3 is 20.4 Å². The van der Waals surface area contributed by atoms with Crippen molar-refractivity contribution >= 4 is 5.97 Å². The minimum absolute atomic E-state index is 0.476. The molecule has 5 heteroatoms. The fourth-order valence-corrected chi connectivity index (χ4v) is 0.896. The monoisotopic (exact) mass is 172 g/mol. The zero-order chi connectivity index (χ0) is 9.35. The molecule has 0 spiro atoms. The number of aliphatic hydroxyl groups excluding tert-OH is 2. The number of rotatable bonds is 1. The zero-order valence-electron chi connectivity index (χ0n) is 6.06. The summed E-state index contributed by atoms with van der Waals surface area (Å²) in [5.74, 6) is 2.49. The average Bonchev–Trinajstić information content (AvgIpc) is 1.97. The quantitative estimate of drug-likeness (QED) is 0.341. The summed E-state index contributed by atoms with van der Waals surface area (Å²) in [6.07, 6.45) is -3.06. The first-order chi connectivity index (χ1) is 5.46. The van der Waals surface area contributed by atoms with E-state index in [9.17, 15) is 9.90 Å². The van der Waals surface area contributed by atoms with Gasteiger partial charge in [-0.2, -0.15) is 0 Å². The Bertz CT molecular complexity index is 263. The summed E-state index contributed by atoms with van der Waals surface area (Å²) in [5, 5.41) is 35.5. The van der Waals surface area contributed by atoms with Crippen molar-refractivity contribution in [1.29, 1.82) is 0 Å². The highest BCUT2D eigenvalue weighted by Crippen LogP contribution is 2.18. The molecule has 3 unspecified atom stereocenters. The van der Waals surface area contributed by atoms with E-state index in [4.69, 9.17) is 15.3 Å². The molecule has 1 aliphatic carbocycles. The van der Waals surface area contributed by atoms with Gasteiger partial charge in [0, 0.05) is 6.42 Å². The molecule has 0 saturated heterocycles. The zero-order valence-corrected chi connectivity index (χ0v) is 6.06. The Morgan fingerprint density at radius 1 is 1.50 bits per heavy atom. The molecule has 66 valence electrons. The van der Waals surface area contributed by atoms with Crippen LogP contribution < -0.4 is 0 Å². The molecule has 1 aliphatic rings. The number of carbonyl (C=O) groups is 1. The van der Waals surface area contributed by atoms with Crippen LogP contribution in [0, 0.1) is 11.8 Å². The Morgan fingerprint density at radius 3 is 2.50 bits per heavy atom. The van der Waals surface area contributed by atoms with Crippen molar-refractivity contribution in [3.05, 3.63) is 0 Å². The first-order valence-electron chi connectivity index (χ1n) is 3.30. The largest absolute Gasteiger partial charge is 0.478 e. The van der Waals surface area contributed by atoms with Crippen LogP contribution in [0.5, 0.6) is 0 Å². The Kier molecular flexibility index (Phi) is 2.06. The van der Waals surface area contributed by atoms with Gasteiger partial charge in [-0.3, -0.25) is 0 Å². The van der Waals surface area contributed by atoms with E-state index in [1.807, 2.05) is 11.8 Å². The maximum Gasteiger partial charge on any atom is 0.348 e. The van der Waals surface area contributed by atoms with Crippen molar-refractivity contribution in [3.63, 3.8) is 0 Å². The van der Waals surface area contributed by atoms with Gasteiger partial charge in [0.25, 0.3) is 0 Å². The molecule has 0 aromatic heterocycles. The van der Waals surface area contributed by atoms with Crippen molar-refractivity contribution in [2.75, 3.05) is 0 Å². The van der Waals surface area contributed by atoms with E-state index in [2.05, 4.69) is 0 Å². The molecule has 0 aromatic carbocycles. The number of aliphatic carboxylic acids is 1. The van der Waals surface area contributed by atoms with Crippen molar-refractivity contribution < 1.29 is 25.2 Å². The third-order valence-electron chi connectivity index (χ3n) is 1.65. The molecule has 3 atom stereocenters. The Balaban J connectivity index is 2.92. The molecule has 0 bridgehead atoms. The molecule has 5 nitrogen and oxygen atoms in total. The van der Waals surface area contributed by atoms with Crippen LogP contribution in [-0.4, -0.2) is 44.2 Å². The fraction of sp³-hybridized carbons (Fsp3) is 0.571. The minimum Gasteiger partial charge on any atom is -0.478 e. The van der Waals surface area contributed by atoms with Gasteiger partial charge in [0.1, 0.15) is 6.10 Å². The highest BCUT2D eigenvalue weighted by molar-refractivity contribution is 5.81. The lowest BCUT2D eigenvalue weighted by Crippen LogP contribution is -2.46. The van der Waals surface area contributed by atoms with E-state index in [1.54, 1.807) is 0 Å². The van der Waals surface area contributed by atoms with Crippen LogP contribution in [0.1, 0.15) is 6.42 Å². The second-order valence-electron chi connectivity index (χ2n) is 2.65. The van der Waals surface area contributed by atoms with E-state index < -0.39 is 30.2 Å². The molecular weight excluding hydrogens is 164 g/mol. The number of carboxylic acid groups (broad SMARTS) is 1.